The minimum atomic E-state index is -4.85. The topological polar surface area (TPSA) is 263 Å². The molecule has 0 saturated carbocycles. The van der Waals surface area contributed by atoms with Gasteiger partial charge in [-0.05, 0) is 33.8 Å². The average molecular weight is 718 g/mol. The number of phosphoric ester groups is 1. The molecule has 0 aromatic carbocycles. The van der Waals surface area contributed by atoms with Crippen LogP contribution in [0.5, 0.6) is 0 Å². The molecule has 3 aromatic rings. The number of ether oxygens (including phenoxy) is 3. The average Bonchev–Trinajstić information content (AvgIpc) is 3.64. The van der Waals surface area contributed by atoms with E-state index in [0.717, 1.165) is 10.8 Å². The number of phosphoric acid groups is 1. The highest BCUT2D eigenvalue weighted by Crippen LogP contribution is 2.50. The van der Waals surface area contributed by atoms with Crippen molar-refractivity contribution in [3.8, 4) is 0 Å². The number of amides is 1. The lowest BCUT2D eigenvalue weighted by molar-refractivity contribution is -0.124. The number of carbonyl (C=O) groups is 1. The standard InChI is InChI=1S/C27H38F2N9O10P/c1-11(2)44-9-15-13(18(28)24(46-15)38-10-33-20-22(38)35-26(31)36-23(20)40)7-17(39)32-8-14-21(48-49(42,43)47-12(3)4)19(29)25(45-14)37-6-5-16(30)34-27(37)41/h5-6,10-15,18-19,21,24-25H,7-9H2,1-4H3,(H,32,39)(H,42,43)(H2,30,34,41)(H3,31,35,36,40)/t13-,14-,15-,18-,19-,21-,24-,25-/m1/s1. The molecule has 1 amide bonds. The number of fused-ring (bicyclic) bond motifs is 1. The normalized spacial score (nSPS) is 28.4. The Labute approximate surface area is 276 Å². The first kappa shape index (κ1) is 36.4. The first-order valence-corrected chi connectivity index (χ1v) is 16.8. The molecule has 3 aromatic heterocycles. The highest BCUT2D eigenvalue weighted by molar-refractivity contribution is 7.47. The molecule has 2 saturated heterocycles. The van der Waals surface area contributed by atoms with Crippen molar-refractivity contribution < 1.29 is 46.3 Å². The van der Waals surface area contributed by atoms with Crippen molar-refractivity contribution in [1.29, 1.82) is 0 Å². The molecule has 19 nitrogen and oxygen atoms in total. The van der Waals surface area contributed by atoms with E-state index >= 15 is 8.78 Å². The Balaban J connectivity index is 1.33. The maximum absolute atomic E-state index is 16.2. The van der Waals surface area contributed by atoms with E-state index in [1.54, 1.807) is 13.8 Å². The molecule has 0 bridgehead atoms. The van der Waals surface area contributed by atoms with Crippen LogP contribution in [0.3, 0.4) is 0 Å². The molecule has 7 N–H and O–H groups in total. The van der Waals surface area contributed by atoms with Crippen molar-refractivity contribution in [2.24, 2.45) is 5.92 Å². The Morgan fingerprint density at radius 1 is 1.10 bits per heavy atom. The predicted molar refractivity (Wildman–Crippen MR) is 166 cm³/mol. The van der Waals surface area contributed by atoms with Gasteiger partial charge in [-0.1, -0.05) is 0 Å². The lowest BCUT2D eigenvalue weighted by atomic mass is 9.95. The van der Waals surface area contributed by atoms with Crippen LogP contribution in [-0.2, 0) is 32.6 Å². The van der Waals surface area contributed by atoms with E-state index in [-0.39, 0.29) is 35.6 Å². The number of carbonyl (C=O) groups excluding carboxylic acids is 1. The van der Waals surface area contributed by atoms with Gasteiger partial charge >= 0.3 is 13.5 Å². The third-order valence-electron chi connectivity index (χ3n) is 7.70. The predicted octanol–water partition coefficient (Wildman–Crippen LogP) is 0.470. The fourth-order valence-corrected chi connectivity index (χ4v) is 6.73. The van der Waals surface area contributed by atoms with Crippen LogP contribution >= 0.6 is 7.82 Å². The van der Waals surface area contributed by atoms with Crippen LogP contribution < -0.4 is 28.0 Å². The number of alkyl halides is 2. The third kappa shape index (κ3) is 8.14. The number of nitrogen functional groups attached to an aromatic ring is 2. The largest absolute Gasteiger partial charge is 0.472 e. The van der Waals surface area contributed by atoms with Crippen molar-refractivity contribution in [1.82, 2.24) is 34.4 Å². The van der Waals surface area contributed by atoms with Gasteiger partial charge in [0.2, 0.25) is 11.9 Å². The van der Waals surface area contributed by atoms with Gasteiger partial charge in [-0.3, -0.25) is 32.8 Å². The second kappa shape index (κ2) is 14.6. The summed E-state index contributed by atoms with van der Waals surface area (Å²) in [6, 6.07) is 1.22. The van der Waals surface area contributed by atoms with Gasteiger partial charge < -0.3 is 35.9 Å². The SMILES string of the molecule is CC(C)OC[C@H]1O[C@@H](n2cnc3c(=O)[nH]c(N)nc32)[C@H](F)[C@@H]1CC(=O)NC[C@H]1O[C@@H](n2ccc(N)nc2=O)[C@H](F)[C@@H]1OP(=O)(O)OC(C)C. The number of aromatic nitrogens is 6. The second-order valence-corrected chi connectivity index (χ2v) is 13.4. The zero-order valence-corrected chi connectivity index (χ0v) is 27.7. The molecule has 0 radical (unpaired) electrons. The maximum atomic E-state index is 16.2. The summed E-state index contributed by atoms with van der Waals surface area (Å²) in [5.74, 6) is -2.16. The Morgan fingerprint density at radius 2 is 1.80 bits per heavy atom. The number of hydrogen-bond donors (Lipinski definition) is 5. The van der Waals surface area contributed by atoms with Crippen LogP contribution in [0.1, 0.15) is 46.6 Å². The molecule has 2 aliphatic heterocycles. The smallest absolute Gasteiger partial charge is 0.383 e. The molecule has 1 unspecified atom stereocenters. The zero-order chi connectivity index (χ0) is 35.8. The minimum absolute atomic E-state index is 0.0275. The zero-order valence-electron chi connectivity index (χ0n) is 26.8. The number of nitrogens with two attached hydrogens (primary N) is 2. The summed E-state index contributed by atoms with van der Waals surface area (Å²) in [6.07, 6.45) is -10.4. The highest BCUT2D eigenvalue weighted by Gasteiger charge is 2.51. The van der Waals surface area contributed by atoms with Gasteiger partial charge in [-0.25, -0.2) is 23.1 Å². The first-order chi connectivity index (χ1) is 23.0. The molecule has 2 aliphatic rings. The van der Waals surface area contributed by atoms with Gasteiger partial charge in [0, 0.05) is 25.1 Å². The maximum Gasteiger partial charge on any atom is 0.472 e. The highest BCUT2D eigenvalue weighted by atomic mass is 31.2. The van der Waals surface area contributed by atoms with Crippen molar-refractivity contribution in [3.05, 3.63) is 39.4 Å². The Hall–Kier alpha value is -3.85. The lowest BCUT2D eigenvalue weighted by Crippen LogP contribution is -2.41. The number of nitrogens with one attached hydrogen (secondary N) is 2. The van der Waals surface area contributed by atoms with Crippen LogP contribution in [0.2, 0.25) is 0 Å². The van der Waals surface area contributed by atoms with E-state index in [4.69, 9.17) is 34.7 Å². The van der Waals surface area contributed by atoms with Gasteiger partial charge in [0.05, 0.1) is 31.2 Å². The number of aromatic amines is 1. The fraction of sp³-hybridized carbons (Fsp3) is 0.630. The molecule has 2 fully saturated rings. The van der Waals surface area contributed by atoms with Crippen molar-refractivity contribution >= 4 is 36.7 Å². The Kier molecular flexibility index (Phi) is 10.8. The minimum Gasteiger partial charge on any atom is -0.383 e. The van der Waals surface area contributed by atoms with E-state index in [1.165, 1.54) is 30.8 Å². The number of nitrogens with zero attached hydrogens (tertiary/aromatic N) is 5. The van der Waals surface area contributed by atoms with E-state index in [9.17, 15) is 23.8 Å². The van der Waals surface area contributed by atoms with Crippen molar-refractivity contribution in [2.75, 3.05) is 24.6 Å². The van der Waals surface area contributed by atoms with Crippen LogP contribution in [-0.4, -0.2) is 95.9 Å². The molecule has 5 heterocycles. The second-order valence-electron chi connectivity index (χ2n) is 12.1. The first-order valence-electron chi connectivity index (χ1n) is 15.3. The van der Waals surface area contributed by atoms with Gasteiger partial charge in [0.25, 0.3) is 5.56 Å². The van der Waals surface area contributed by atoms with Gasteiger partial charge in [-0.15, -0.1) is 0 Å². The lowest BCUT2D eigenvalue weighted by Gasteiger charge is -2.24. The number of hydrogen-bond acceptors (Lipinski definition) is 14. The molecular formula is C27H38F2N9O10P. The monoisotopic (exact) mass is 717 g/mol. The molecule has 5 rings (SSSR count). The molecule has 0 spiro atoms. The molecular weight excluding hydrogens is 679 g/mol. The summed E-state index contributed by atoms with van der Waals surface area (Å²) in [5.41, 5.74) is 9.49. The van der Waals surface area contributed by atoms with Crippen molar-refractivity contribution in [3.63, 3.8) is 0 Å². The van der Waals surface area contributed by atoms with Crippen molar-refractivity contribution in [2.45, 2.75) is 89.4 Å². The molecule has 270 valence electrons. The summed E-state index contributed by atoms with van der Waals surface area (Å²) >= 11 is 0. The number of halogens is 2. The fourth-order valence-electron chi connectivity index (χ4n) is 5.59. The van der Waals surface area contributed by atoms with Gasteiger partial charge in [0.15, 0.2) is 36.0 Å². The van der Waals surface area contributed by atoms with E-state index in [0.29, 0.717) is 0 Å². The van der Waals surface area contributed by atoms with E-state index in [2.05, 4.69) is 25.3 Å². The Morgan fingerprint density at radius 3 is 2.47 bits per heavy atom. The Bertz CT molecular complexity index is 1820. The molecule has 49 heavy (non-hydrogen) atoms. The summed E-state index contributed by atoms with van der Waals surface area (Å²) in [4.78, 5) is 62.2. The third-order valence-corrected chi connectivity index (χ3v) is 8.90. The van der Waals surface area contributed by atoms with Gasteiger partial charge in [0.1, 0.15) is 18.0 Å². The quantitative estimate of drug-likeness (QED) is 0.151. The molecule has 22 heteroatoms. The number of H-pyrrole nitrogens is 1. The molecule has 0 aliphatic carbocycles. The summed E-state index contributed by atoms with van der Waals surface area (Å²) < 4.78 is 74.0. The summed E-state index contributed by atoms with van der Waals surface area (Å²) in [7, 11) is -4.85. The molecule has 9 atom stereocenters. The number of imidazole rings is 1. The van der Waals surface area contributed by atoms with Crippen LogP contribution in [0, 0.1) is 5.92 Å². The van der Waals surface area contributed by atoms with Crippen LogP contribution in [0.4, 0.5) is 20.5 Å². The van der Waals surface area contributed by atoms with Crippen LogP contribution in [0.15, 0.2) is 28.2 Å². The van der Waals surface area contributed by atoms with E-state index < -0.39 is 93.1 Å². The summed E-state index contributed by atoms with van der Waals surface area (Å²) in [5, 5.41) is 2.52. The summed E-state index contributed by atoms with van der Waals surface area (Å²) in [6.45, 7) is 5.87. The van der Waals surface area contributed by atoms with Gasteiger partial charge in [-0.2, -0.15) is 9.97 Å². The number of rotatable bonds is 13. The van der Waals surface area contributed by atoms with E-state index in [1.807, 2.05) is 0 Å². The van der Waals surface area contributed by atoms with Crippen LogP contribution in [0.25, 0.3) is 11.2 Å². The number of anilines is 2.